The van der Waals surface area contributed by atoms with Crippen molar-refractivity contribution in [1.29, 1.82) is 0 Å². The van der Waals surface area contributed by atoms with E-state index in [-0.39, 0.29) is 17.7 Å². The van der Waals surface area contributed by atoms with E-state index in [1.54, 1.807) is 14.0 Å². The van der Waals surface area contributed by atoms with Crippen LogP contribution in [0.4, 0.5) is 17.5 Å². The van der Waals surface area contributed by atoms with Crippen molar-refractivity contribution in [2.24, 2.45) is 0 Å². The second-order valence-electron chi connectivity index (χ2n) is 4.52. The van der Waals surface area contributed by atoms with Gasteiger partial charge in [-0.3, -0.25) is 10.1 Å². The summed E-state index contributed by atoms with van der Waals surface area (Å²) in [4.78, 5) is 20.5. The molecular weight excluding hydrogens is 250 g/mol. The Bertz CT molecular complexity index is 485. The molecule has 0 aromatic carbocycles. The van der Waals surface area contributed by atoms with Crippen LogP contribution >= 0.6 is 0 Å². The van der Waals surface area contributed by atoms with Crippen LogP contribution in [0.1, 0.15) is 18.5 Å². The largest absolute Gasteiger partial charge is 0.381 e. The third-order valence-corrected chi connectivity index (χ3v) is 3.31. The third-order valence-electron chi connectivity index (χ3n) is 3.31. The van der Waals surface area contributed by atoms with Crippen LogP contribution < -0.4 is 10.6 Å². The van der Waals surface area contributed by atoms with Crippen molar-refractivity contribution in [1.82, 2.24) is 9.97 Å². The lowest BCUT2D eigenvalue weighted by atomic mass is 10.1. The summed E-state index contributed by atoms with van der Waals surface area (Å²) in [5.74, 6) is 0.372. The second kappa shape index (κ2) is 5.35. The van der Waals surface area contributed by atoms with E-state index in [9.17, 15) is 10.1 Å². The van der Waals surface area contributed by atoms with Crippen LogP contribution in [0, 0.1) is 17.0 Å². The number of hydrogen-bond acceptors (Lipinski definition) is 7. The van der Waals surface area contributed by atoms with E-state index in [1.807, 2.05) is 4.90 Å². The molecule has 0 radical (unpaired) electrons. The molecular formula is C11H17N5O3. The molecule has 0 amide bonds. The molecule has 0 aliphatic carbocycles. The van der Waals surface area contributed by atoms with E-state index in [0.717, 1.165) is 12.8 Å². The highest BCUT2D eigenvalue weighted by Crippen LogP contribution is 2.31. The molecule has 19 heavy (non-hydrogen) atoms. The predicted octanol–water partition coefficient (Wildman–Crippen LogP) is 0.891. The number of aromatic nitrogens is 2. The summed E-state index contributed by atoms with van der Waals surface area (Å²) in [6.45, 7) is 2.89. The lowest BCUT2D eigenvalue weighted by Crippen LogP contribution is -2.37. The maximum Gasteiger partial charge on any atom is 0.332 e. The van der Waals surface area contributed by atoms with Crippen LogP contribution in [0.5, 0.6) is 0 Å². The van der Waals surface area contributed by atoms with Gasteiger partial charge in [-0.15, -0.1) is 0 Å². The fraction of sp³-hybridized carbons (Fsp3) is 0.636. The van der Waals surface area contributed by atoms with E-state index in [0.29, 0.717) is 24.6 Å². The topological polar surface area (TPSA) is 107 Å². The van der Waals surface area contributed by atoms with Gasteiger partial charge in [-0.25, -0.2) is 4.98 Å². The van der Waals surface area contributed by atoms with Gasteiger partial charge >= 0.3 is 5.69 Å². The summed E-state index contributed by atoms with van der Waals surface area (Å²) in [5, 5.41) is 11.2. The Morgan fingerprint density at radius 1 is 1.42 bits per heavy atom. The van der Waals surface area contributed by atoms with Crippen molar-refractivity contribution >= 4 is 17.5 Å². The van der Waals surface area contributed by atoms with Gasteiger partial charge in [0.2, 0.25) is 11.8 Å². The number of hydrogen-bond donors (Lipinski definition) is 1. The van der Waals surface area contributed by atoms with Crippen molar-refractivity contribution in [2.45, 2.75) is 25.9 Å². The van der Waals surface area contributed by atoms with Gasteiger partial charge in [-0.05, 0) is 19.8 Å². The predicted molar refractivity (Wildman–Crippen MR) is 70.1 cm³/mol. The summed E-state index contributed by atoms with van der Waals surface area (Å²) < 4.78 is 5.28. The van der Waals surface area contributed by atoms with Crippen molar-refractivity contribution in [3.63, 3.8) is 0 Å². The van der Waals surface area contributed by atoms with Crippen molar-refractivity contribution in [2.75, 3.05) is 30.8 Å². The Hall–Kier alpha value is -1.96. The van der Waals surface area contributed by atoms with Crippen LogP contribution in [0.25, 0.3) is 0 Å². The molecule has 1 aliphatic rings. The number of piperidine rings is 1. The van der Waals surface area contributed by atoms with E-state index in [2.05, 4.69) is 9.97 Å². The van der Waals surface area contributed by atoms with Crippen LogP contribution in [0.2, 0.25) is 0 Å². The molecule has 1 fully saturated rings. The van der Waals surface area contributed by atoms with E-state index in [1.165, 1.54) is 0 Å². The maximum absolute atomic E-state index is 11.2. The fourth-order valence-corrected chi connectivity index (χ4v) is 2.31. The van der Waals surface area contributed by atoms with Gasteiger partial charge in [0, 0.05) is 20.2 Å². The summed E-state index contributed by atoms with van der Waals surface area (Å²) in [6.07, 6.45) is 1.84. The highest BCUT2D eigenvalue weighted by atomic mass is 16.6. The normalized spacial score (nSPS) is 16.6. The fourth-order valence-electron chi connectivity index (χ4n) is 2.31. The van der Waals surface area contributed by atoms with Gasteiger partial charge in [0.25, 0.3) is 0 Å². The summed E-state index contributed by atoms with van der Waals surface area (Å²) in [7, 11) is 1.68. The smallest absolute Gasteiger partial charge is 0.332 e. The molecule has 104 valence electrons. The number of ether oxygens (including phenoxy) is 1. The first-order chi connectivity index (χ1) is 9.02. The number of nitrogen functional groups attached to an aromatic ring is 1. The molecule has 2 N–H and O–H groups in total. The Balaban J connectivity index is 2.31. The number of anilines is 2. The molecule has 1 saturated heterocycles. The number of rotatable bonds is 3. The molecule has 1 aliphatic heterocycles. The average Bonchev–Trinajstić information content (AvgIpc) is 2.37. The standard InChI is InChI=1S/C11H17N5O3/c1-7-9(16(17)18)10(14-11(12)13-7)15-5-3-8(19-2)4-6-15/h8H,3-6H2,1-2H3,(H2,12,13,14). The molecule has 8 heteroatoms. The number of methoxy groups -OCH3 is 1. The monoisotopic (exact) mass is 267 g/mol. The van der Waals surface area contributed by atoms with E-state index >= 15 is 0 Å². The first kappa shape index (κ1) is 13.5. The Morgan fingerprint density at radius 3 is 2.58 bits per heavy atom. The zero-order chi connectivity index (χ0) is 14.0. The zero-order valence-electron chi connectivity index (χ0n) is 11.0. The van der Waals surface area contributed by atoms with E-state index in [4.69, 9.17) is 10.5 Å². The molecule has 0 unspecified atom stereocenters. The van der Waals surface area contributed by atoms with Crippen LogP contribution in [0.3, 0.4) is 0 Å². The number of nitrogens with zero attached hydrogens (tertiary/aromatic N) is 4. The van der Waals surface area contributed by atoms with Crippen LogP contribution in [-0.2, 0) is 4.74 Å². The van der Waals surface area contributed by atoms with Gasteiger partial charge < -0.3 is 15.4 Å². The molecule has 8 nitrogen and oxygen atoms in total. The second-order valence-corrected chi connectivity index (χ2v) is 4.52. The summed E-state index contributed by atoms with van der Waals surface area (Å²) in [6, 6.07) is 0. The van der Waals surface area contributed by atoms with Crippen LogP contribution in [0.15, 0.2) is 0 Å². The first-order valence-corrected chi connectivity index (χ1v) is 6.09. The van der Waals surface area contributed by atoms with Gasteiger partial charge in [-0.1, -0.05) is 0 Å². The Labute approximate surface area is 110 Å². The van der Waals surface area contributed by atoms with Gasteiger partial charge in [-0.2, -0.15) is 4.98 Å². The molecule has 1 aromatic heterocycles. The lowest BCUT2D eigenvalue weighted by molar-refractivity contribution is -0.385. The highest BCUT2D eigenvalue weighted by Gasteiger charge is 2.29. The SMILES string of the molecule is COC1CCN(c2nc(N)nc(C)c2[N+](=O)[O-])CC1. The maximum atomic E-state index is 11.2. The van der Waals surface area contributed by atoms with Crippen LogP contribution in [-0.4, -0.2) is 41.2 Å². The lowest BCUT2D eigenvalue weighted by Gasteiger charge is -2.31. The molecule has 0 saturated carbocycles. The molecule has 0 spiro atoms. The number of aryl methyl sites for hydroxylation is 1. The number of nitro groups is 1. The van der Waals surface area contributed by atoms with Crippen molar-refractivity contribution in [3.8, 4) is 0 Å². The van der Waals surface area contributed by atoms with Crippen molar-refractivity contribution in [3.05, 3.63) is 15.8 Å². The average molecular weight is 267 g/mol. The number of nitrogens with two attached hydrogens (primary N) is 1. The molecule has 0 bridgehead atoms. The van der Waals surface area contributed by atoms with Crippen molar-refractivity contribution < 1.29 is 9.66 Å². The molecule has 0 atom stereocenters. The molecule has 2 rings (SSSR count). The summed E-state index contributed by atoms with van der Waals surface area (Å²) in [5.41, 5.74) is 5.82. The van der Waals surface area contributed by atoms with Gasteiger partial charge in [0.15, 0.2) is 0 Å². The molecule has 2 heterocycles. The van der Waals surface area contributed by atoms with Gasteiger partial charge in [0.05, 0.1) is 11.0 Å². The third kappa shape index (κ3) is 2.73. The zero-order valence-corrected chi connectivity index (χ0v) is 11.0. The highest BCUT2D eigenvalue weighted by molar-refractivity contribution is 5.62. The Kier molecular flexibility index (Phi) is 3.79. The minimum atomic E-state index is -0.452. The first-order valence-electron chi connectivity index (χ1n) is 6.09. The molecule has 1 aromatic rings. The van der Waals surface area contributed by atoms with E-state index < -0.39 is 4.92 Å². The Morgan fingerprint density at radius 2 is 2.05 bits per heavy atom. The van der Waals surface area contributed by atoms with Gasteiger partial charge in [0.1, 0.15) is 5.69 Å². The minimum absolute atomic E-state index is 0.0620. The quantitative estimate of drug-likeness (QED) is 0.640. The summed E-state index contributed by atoms with van der Waals surface area (Å²) >= 11 is 0. The minimum Gasteiger partial charge on any atom is -0.381 e.